The Morgan fingerprint density at radius 3 is 2.85 bits per heavy atom. The van der Waals surface area contributed by atoms with Crippen LogP contribution in [0.25, 0.3) is 10.9 Å². The molecule has 0 aliphatic rings. The van der Waals surface area contributed by atoms with Crippen molar-refractivity contribution < 1.29 is 0 Å². The minimum absolute atomic E-state index is 0.624. The monoisotopic (exact) mass is 174 g/mol. The Labute approximate surface area is 77.8 Å². The Morgan fingerprint density at radius 1 is 1.38 bits per heavy atom. The molecule has 1 aromatic carbocycles. The van der Waals surface area contributed by atoms with Gasteiger partial charge in [-0.05, 0) is 42.7 Å². The molecule has 2 rings (SSSR count). The molecular weight excluding hydrogens is 160 g/mol. The predicted molar refractivity (Wildman–Crippen MR) is 55.7 cm³/mol. The van der Waals surface area contributed by atoms with Gasteiger partial charge in [0.2, 0.25) is 0 Å². The van der Waals surface area contributed by atoms with Gasteiger partial charge in [-0.25, -0.2) is 0 Å². The molecule has 3 N–H and O–H groups in total. The number of hydrogen-bond acceptors (Lipinski definition) is 1. The Bertz CT molecular complexity index is 441. The highest BCUT2D eigenvalue weighted by Crippen LogP contribution is 2.23. The molecule has 0 aliphatic heterocycles. The molecule has 0 bridgehead atoms. The van der Waals surface area contributed by atoms with E-state index in [0.29, 0.717) is 6.54 Å². The molecule has 68 valence electrons. The number of aryl methyl sites for hydroxylation is 2. The minimum atomic E-state index is 0.624. The highest BCUT2D eigenvalue weighted by Gasteiger charge is 2.05. The van der Waals surface area contributed by atoms with Crippen LogP contribution in [0.1, 0.15) is 16.7 Å². The second kappa shape index (κ2) is 2.89. The maximum absolute atomic E-state index is 5.70. The van der Waals surface area contributed by atoms with E-state index in [2.05, 4.69) is 31.0 Å². The van der Waals surface area contributed by atoms with Gasteiger partial charge in [-0.15, -0.1) is 0 Å². The van der Waals surface area contributed by atoms with Gasteiger partial charge in [0.15, 0.2) is 0 Å². The van der Waals surface area contributed by atoms with E-state index < -0.39 is 0 Å². The summed E-state index contributed by atoms with van der Waals surface area (Å²) in [5, 5.41) is 1.28. The lowest BCUT2D eigenvalue weighted by atomic mass is 9.99. The van der Waals surface area contributed by atoms with E-state index in [1.165, 1.54) is 27.6 Å². The molecule has 0 aliphatic carbocycles. The zero-order valence-electron chi connectivity index (χ0n) is 8.02. The zero-order valence-corrected chi connectivity index (χ0v) is 8.02. The van der Waals surface area contributed by atoms with E-state index in [0.717, 1.165) is 0 Å². The average Bonchev–Trinajstić information content (AvgIpc) is 2.53. The van der Waals surface area contributed by atoms with Gasteiger partial charge in [-0.2, -0.15) is 0 Å². The third-order valence-corrected chi connectivity index (χ3v) is 2.68. The van der Waals surface area contributed by atoms with Crippen LogP contribution in [-0.2, 0) is 6.54 Å². The van der Waals surface area contributed by atoms with E-state index in [1.807, 2.05) is 6.20 Å². The first-order valence-electron chi connectivity index (χ1n) is 4.50. The molecule has 1 heterocycles. The molecule has 1 aromatic heterocycles. The smallest absolute Gasteiger partial charge is 0.0459 e. The van der Waals surface area contributed by atoms with Crippen molar-refractivity contribution in [2.75, 3.05) is 0 Å². The lowest BCUT2D eigenvalue weighted by Gasteiger charge is -2.08. The summed E-state index contributed by atoms with van der Waals surface area (Å²) in [6.45, 7) is 4.86. The molecule has 0 saturated carbocycles. The summed E-state index contributed by atoms with van der Waals surface area (Å²) in [5.41, 5.74) is 10.8. The van der Waals surface area contributed by atoms with Crippen LogP contribution in [0, 0.1) is 13.8 Å². The van der Waals surface area contributed by atoms with Gasteiger partial charge in [0.05, 0.1) is 0 Å². The largest absolute Gasteiger partial charge is 0.361 e. The normalized spacial score (nSPS) is 11.0. The van der Waals surface area contributed by atoms with Gasteiger partial charge in [-0.3, -0.25) is 0 Å². The van der Waals surface area contributed by atoms with Gasteiger partial charge in [-0.1, -0.05) is 0 Å². The van der Waals surface area contributed by atoms with Crippen molar-refractivity contribution in [2.24, 2.45) is 5.73 Å². The first-order chi connectivity index (χ1) is 6.24. The number of fused-ring (bicyclic) bond motifs is 1. The van der Waals surface area contributed by atoms with E-state index in [-0.39, 0.29) is 0 Å². The average molecular weight is 174 g/mol. The van der Waals surface area contributed by atoms with Gasteiger partial charge < -0.3 is 10.7 Å². The fourth-order valence-corrected chi connectivity index (χ4v) is 1.90. The number of hydrogen-bond donors (Lipinski definition) is 2. The number of aromatic amines is 1. The SMILES string of the molecule is Cc1cc2[nH]ccc2c(C)c1CN. The third kappa shape index (κ3) is 1.14. The van der Waals surface area contributed by atoms with Crippen LogP contribution in [0.15, 0.2) is 18.3 Å². The summed E-state index contributed by atoms with van der Waals surface area (Å²) >= 11 is 0. The molecule has 2 nitrogen and oxygen atoms in total. The Balaban J connectivity index is 2.85. The van der Waals surface area contributed by atoms with Crippen LogP contribution in [0.4, 0.5) is 0 Å². The first kappa shape index (κ1) is 8.32. The van der Waals surface area contributed by atoms with Crippen molar-refractivity contribution in [1.29, 1.82) is 0 Å². The molecule has 2 heteroatoms. The van der Waals surface area contributed by atoms with E-state index >= 15 is 0 Å². The fourth-order valence-electron chi connectivity index (χ4n) is 1.90. The number of nitrogens with one attached hydrogen (secondary N) is 1. The van der Waals surface area contributed by atoms with Crippen molar-refractivity contribution in [3.63, 3.8) is 0 Å². The van der Waals surface area contributed by atoms with Crippen molar-refractivity contribution in [1.82, 2.24) is 4.98 Å². The van der Waals surface area contributed by atoms with Crippen molar-refractivity contribution in [3.8, 4) is 0 Å². The molecule has 0 amide bonds. The predicted octanol–water partition coefficient (Wildman–Crippen LogP) is 2.24. The molecule has 0 atom stereocenters. The molecule has 0 saturated heterocycles. The lowest BCUT2D eigenvalue weighted by molar-refractivity contribution is 1.03. The molecule has 13 heavy (non-hydrogen) atoms. The van der Waals surface area contributed by atoms with Crippen molar-refractivity contribution in [3.05, 3.63) is 35.0 Å². The van der Waals surface area contributed by atoms with Crippen LogP contribution in [-0.4, -0.2) is 4.98 Å². The first-order valence-corrected chi connectivity index (χ1v) is 4.50. The number of benzene rings is 1. The molecule has 2 aromatic rings. The van der Waals surface area contributed by atoms with Crippen LogP contribution < -0.4 is 5.73 Å². The highest BCUT2D eigenvalue weighted by molar-refractivity contribution is 5.84. The van der Waals surface area contributed by atoms with Gasteiger partial charge in [0.25, 0.3) is 0 Å². The molecule has 0 radical (unpaired) electrons. The number of nitrogens with two attached hydrogens (primary N) is 1. The van der Waals surface area contributed by atoms with Crippen LogP contribution >= 0.6 is 0 Å². The zero-order chi connectivity index (χ0) is 9.42. The quantitative estimate of drug-likeness (QED) is 0.684. The van der Waals surface area contributed by atoms with Crippen LogP contribution in [0.5, 0.6) is 0 Å². The van der Waals surface area contributed by atoms with Crippen LogP contribution in [0.3, 0.4) is 0 Å². The van der Waals surface area contributed by atoms with Gasteiger partial charge >= 0.3 is 0 Å². The number of H-pyrrole nitrogens is 1. The maximum atomic E-state index is 5.70. The Kier molecular flexibility index (Phi) is 1.85. The highest BCUT2D eigenvalue weighted by atomic mass is 14.7. The van der Waals surface area contributed by atoms with Crippen molar-refractivity contribution >= 4 is 10.9 Å². The summed E-state index contributed by atoms with van der Waals surface area (Å²) < 4.78 is 0. The summed E-state index contributed by atoms with van der Waals surface area (Å²) in [7, 11) is 0. The summed E-state index contributed by atoms with van der Waals surface area (Å²) in [6.07, 6.45) is 1.97. The number of aromatic nitrogens is 1. The Hall–Kier alpha value is -1.28. The van der Waals surface area contributed by atoms with E-state index in [9.17, 15) is 0 Å². The summed E-state index contributed by atoms with van der Waals surface area (Å²) in [6, 6.07) is 4.26. The second-order valence-electron chi connectivity index (χ2n) is 3.44. The fraction of sp³-hybridized carbons (Fsp3) is 0.273. The minimum Gasteiger partial charge on any atom is -0.361 e. The van der Waals surface area contributed by atoms with Crippen molar-refractivity contribution in [2.45, 2.75) is 20.4 Å². The second-order valence-corrected chi connectivity index (χ2v) is 3.44. The van der Waals surface area contributed by atoms with E-state index in [1.54, 1.807) is 0 Å². The van der Waals surface area contributed by atoms with Crippen LogP contribution in [0.2, 0.25) is 0 Å². The van der Waals surface area contributed by atoms with E-state index in [4.69, 9.17) is 5.73 Å². The topological polar surface area (TPSA) is 41.8 Å². The third-order valence-electron chi connectivity index (χ3n) is 2.68. The molecule has 0 spiro atoms. The lowest BCUT2D eigenvalue weighted by Crippen LogP contribution is -2.02. The molecular formula is C11H14N2. The maximum Gasteiger partial charge on any atom is 0.0459 e. The summed E-state index contributed by atoms with van der Waals surface area (Å²) in [5.74, 6) is 0. The van der Waals surface area contributed by atoms with Gasteiger partial charge in [0.1, 0.15) is 0 Å². The van der Waals surface area contributed by atoms with Gasteiger partial charge in [0, 0.05) is 23.6 Å². The number of rotatable bonds is 1. The molecule has 0 fully saturated rings. The Morgan fingerprint density at radius 2 is 2.15 bits per heavy atom. The standard InChI is InChI=1S/C11H14N2/c1-7-5-11-9(3-4-13-11)8(2)10(7)6-12/h3-5,13H,6,12H2,1-2H3. The summed E-state index contributed by atoms with van der Waals surface area (Å²) in [4.78, 5) is 3.21. The molecule has 0 unspecified atom stereocenters.